The molecule has 2 rings (SSSR count). The van der Waals surface area contributed by atoms with Crippen LogP contribution in [0.1, 0.15) is 26.9 Å². The van der Waals surface area contributed by atoms with E-state index in [9.17, 15) is 0 Å². The van der Waals surface area contributed by atoms with Crippen LogP contribution in [0.5, 0.6) is 5.75 Å². The highest BCUT2D eigenvalue weighted by Crippen LogP contribution is 2.41. The summed E-state index contributed by atoms with van der Waals surface area (Å²) in [6, 6.07) is 6.22. The average molecular weight is 273 g/mol. The largest absolute Gasteiger partial charge is 0.496 e. The Kier molecular flexibility index (Phi) is 3.90. The van der Waals surface area contributed by atoms with Crippen LogP contribution in [0.15, 0.2) is 23.6 Å². The van der Waals surface area contributed by atoms with E-state index < -0.39 is 0 Å². The van der Waals surface area contributed by atoms with Crippen LogP contribution in [-0.4, -0.2) is 7.11 Å². The van der Waals surface area contributed by atoms with Crippen LogP contribution in [0.4, 0.5) is 0 Å². The predicted molar refractivity (Wildman–Crippen MR) is 72.3 cm³/mol. The third-order valence-electron chi connectivity index (χ3n) is 2.39. The van der Waals surface area contributed by atoms with Crippen LogP contribution >= 0.6 is 34.3 Å². The Morgan fingerprint density at radius 3 is 2.81 bits per heavy atom. The van der Waals surface area contributed by atoms with Crippen molar-refractivity contribution >= 4 is 34.3 Å². The van der Waals surface area contributed by atoms with E-state index in [1.54, 1.807) is 29.8 Å². The quantitative estimate of drug-likeness (QED) is 0.733. The molecule has 2 aromatic rings. The van der Waals surface area contributed by atoms with E-state index >= 15 is 0 Å². The molecule has 0 saturated carbocycles. The predicted octanol–water partition coefficient (Wildman–Crippen LogP) is 4.71. The Morgan fingerprint density at radius 2 is 2.19 bits per heavy atom. The maximum absolute atomic E-state index is 6.47. The van der Waals surface area contributed by atoms with E-state index in [0.717, 1.165) is 17.0 Å². The van der Waals surface area contributed by atoms with Gasteiger partial charge in [-0.2, -0.15) is 0 Å². The van der Waals surface area contributed by atoms with Crippen molar-refractivity contribution in [3.8, 4) is 5.75 Å². The molecule has 0 amide bonds. The molecular formula is C12H13ClOS2. The van der Waals surface area contributed by atoms with Crippen molar-refractivity contribution in [3.05, 3.63) is 38.2 Å². The van der Waals surface area contributed by atoms with Crippen LogP contribution in [0.3, 0.4) is 0 Å². The average Bonchev–Trinajstić information content (AvgIpc) is 2.96. The van der Waals surface area contributed by atoms with Crippen molar-refractivity contribution < 1.29 is 4.74 Å². The summed E-state index contributed by atoms with van der Waals surface area (Å²) >= 11 is 9.89. The molecular weight excluding hydrogens is 260 g/mol. The van der Waals surface area contributed by atoms with Crippen molar-refractivity contribution in [3.63, 3.8) is 0 Å². The molecule has 2 aromatic heterocycles. The molecule has 0 bridgehead atoms. The van der Waals surface area contributed by atoms with Gasteiger partial charge in [-0.15, -0.1) is 34.3 Å². The Morgan fingerprint density at radius 1 is 1.38 bits per heavy atom. The van der Waals surface area contributed by atoms with E-state index in [1.165, 1.54) is 9.75 Å². The first-order chi connectivity index (χ1) is 7.76. The number of halogens is 1. The number of aryl methyl sites for hydroxylation is 1. The first kappa shape index (κ1) is 12.0. The molecule has 0 aromatic carbocycles. The zero-order chi connectivity index (χ0) is 11.5. The SMILES string of the molecule is CCc1ccc(C(Cl)c2sccc2OC)s1. The second-order valence-corrected chi connectivity index (χ2v) is 5.96. The molecule has 86 valence electrons. The zero-order valence-corrected chi connectivity index (χ0v) is 11.6. The summed E-state index contributed by atoms with van der Waals surface area (Å²) < 4.78 is 5.29. The maximum Gasteiger partial charge on any atom is 0.134 e. The molecule has 0 aliphatic heterocycles. The molecule has 1 atom stereocenters. The van der Waals surface area contributed by atoms with Crippen molar-refractivity contribution in [1.29, 1.82) is 0 Å². The third kappa shape index (κ3) is 2.26. The van der Waals surface area contributed by atoms with Gasteiger partial charge in [-0.05, 0) is 30.0 Å². The Balaban J connectivity index is 2.27. The van der Waals surface area contributed by atoms with Crippen LogP contribution in [-0.2, 0) is 6.42 Å². The fourth-order valence-electron chi connectivity index (χ4n) is 1.51. The molecule has 1 unspecified atom stereocenters. The highest BCUT2D eigenvalue weighted by molar-refractivity contribution is 7.13. The van der Waals surface area contributed by atoms with E-state index in [0.29, 0.717) is 0 Å². The molecule has 0 radical (unpaired) electrons. The molecule has 16 heavy (non-hydrogen) atoms. The van der Waals surface area contributed by atoms with Gasteiger partial charge in [0, 0.05) is 9.75 Å². The zero-order valence-electron chi connectivity index (χ0n) is 9.20. The number of ether oxygens (including phenoxy) is 1. The Hall–Kier alpha value is -0.510. The first-order valence-electron chi connectivity index (χ1n) is 5.10. The summed E-state index contributed by atoms with van der Waals surface area (Å²) in [6.07, 6.45) is 1.07. The summed E-state index contributed by atoms with van der Waals surface area (Å²) in [7, 11) is 1.68. The topological polar surface area (TPSA) is 9.23 Å². The van der Waals surface area contributed by atoms with Gasteiger partial charge in [0.05, 0.1) is 12.0 Å². The fourth-order valence-corrected chi connectivity index (χ4v) is 3.85. The smallest absolute Gasteiger partial charge is 0.134 e. The normalized spacial score (nSPS) is 12.7. The van der Waals surface area contributed by atoms with Crippen LogP contribution in [0.25, 0.3) is 0 Å². The van der Waals surface area contributed by atoms with Gasteiger partial charge < -0.3 is 4.74 Å². The molecule has 2 heterocycles. The number of thiophene rings is 2. The molecule has 0 saturated heterocycles. The Bertz CT molecular complexity index is 461. The van der Waals surface area contributed by atoms with Gasteiger partial charge in [-0.1, -0.05) is 6.92 Å². The summed E-state index contributed by atoms with van der Waals surface area (Å²) in [5.74, 6) is 0.886. The number of hydrogen-bond acceptors (Lipinski definition) is 3. The highest BCUT2D eigenvalue weighted by atomic mass is 35.5. The van der Waals surface area contributed by atoms with Gasteiger partial charge in [0.1, 0.15) is 11.1 Å². The highest BCUT2D eigenvalue weighted by Gasteiger charge is 2.18. The fraction of sp³-hybridized carbons (Fsp3) is 0.333. The summed E-state index contributed by atoms with van der Waals surface area (Å²) in [5.41, 5.74) is 0. The lowest BCUT2D eigenvalue weighted by Gasteiger charge is -2.07. The standard InChI is InChI=1S/C12H13ClOS2/c1-3-8-4-5-10(16-8)11(13)12-9(14-2)6-7-15-12/h4-7,11H,3H2,1-2H3. The summed E-state index contributed by atoms with van der Waals surface area (Å²) in [5, 5.41) is 1.93. The van der Waals surface area contributed by atoms with Crippen molar-refractivity contribution in [2.75, 3.05) is 7.11 Å². The minimum atomic E-state index is -0.0831. The van der Waals surface area contributed by atoms with Gasteiger partial charge in [-0.3, -0.25) is 0 Å². The van der Waals surface area contributed by atoms with Crippen LogP contribution < -0.4 is 4.74 Å². The lowest BCUT2D eigenvalue weighted by atomic mass is 10.2. The third-order valence-corrected chi connectivity index (χ3v) is 5.36. The first-order valence-corrected chi connectivity index (χ1v) is 7.23. The van der Waals surface area contributed by atoms with Gasteiger partial charge in [-0.25, -0.2) is 0 Å². The summed E-state index contributed by atoms with van der Waals surface area (Å²) in [6.45, 7) is 2.16. The van der Waals surface area contributed by atoms with Crippen LogP contribution in [0.2, 0.25) is 0 Å². The molecule has 0 N–H and O–H groups in total. The second kappa shape index (κ2) is 5.21. The van der Waals surface area contributed by atoms with Gasteiger partial charge in [0.15, 0.2) is 0 Å². The maximum atomic E-state index is 6.47. The molecule has 0 aliphatic carbocycles. The van der Waals surface area contributed by atoms with E-state index in [4.69, 9.17) is 16.3 Å². The minimum Gasteiger partial charge on any atom is -0.496 e. The van der Waals surface area contributed by atoms with Gasteiger partial charge in [0.25, 0.3) is 0 Å². The molecule has 0 fully saturated rings. The molecule has 0 spiro atoms. The Labute approximate surface area is 109 Å². The van der Waals surface area contributed by atoms with E-state index in [1.807, 2.05) is 11.4 Å². The molecule has 1 nitrogen and oxygen atoms in total. The monoisotopic (exact) mass is 272 g/mol. The van der Waals surface area contributed by atoms with Crippen molar-refractivity contribution in [2.45, 2.75) is 18.7 Å². The number of methoxy groups -OCH3 is 1. The molecule has 0 aliphatic rings. The lowest BCUT2D eigenvalue weighted by Crippen LogP contribution is -1.90. The number of rotatable bonds is 4. The van der Waals surface area contributed by atoms with Gasteiger partial charge in [0.2, 0.25) is 0 Å². The minimum absolute atomic E-state index is 0.0831. The molecule has 4 heteroatoms. The lowest BCUT2D eigenvalue weighted by molar-refractivity contribution is 0.413. The number of hydrogen-bond donors (Lipinski definition) is 0. The van der Waals surface area contributed by atoms with E-state index in [-0.39, 0.29) is 5.38 Å². The van der Waals surface area contributed by atoms with Crippen LogP contribution in [0, 0.1) is 0 Å². The summed E-state index contributed by atoms with van der Waals surface area (Å²) in [4.78, 5) is 3.66. The number of alkyl halides is 1. The van der Waals surface area contributed by atoms with Crippen molar-refractivity contribution in [2.24, 2.45) is 0 Å². The second-order valence-electron chi connectivity index (χ2n) is 3.37. The van der Waals surface area contributed by atoms with Crippen molar-refractivity contribution in [1.82, 2.24) is 0 Å². The van der Waals surface area contributed by atoms with E-state index in [2.05, 4.69) is 19.1 Å². The van der Waals surface area contributed by atoms with Gasteiger partial charge >= 0.3 is 0 Å².